The van der Waals surface area contributed by atoms with Gasteiger partial charge in [0.2, 0.25) is 0 Å². The Labute approximate surface area is 163 Å². The van der Waals surface area contributed by atoms with Crippen LogP contribution in [0.3, 0.4) is 0 Å². The molecule has 0 aliphatic heterocycles. The van der Waals surface area contributed by atoms with Crippen LogP contribution in [0.4, 0.5) is 0 Å². The number of rotatable bonds is 17. The van der Waals surface area contributed by atoms with Crippen molar-refractivity contribution >= 4 is 0 Å². The zero-order chi connectivity index (χ0) is 18.9. The van der Waals surface area contributed by atoms with Crippen LogP contribution in [0.15, 0.2) is 24.3 Å². The molecule has 2 nitrogen and oxygen atoms in total. The number of likely N-dealkylation sites (N-methyl/N-ethyl adjacent to an activating group) is 1. The van der Waals surface area contributed by atoms with Crippen LogP contribution in [0, 0.1) is 5.92 Å². The lowest BCUT2D eigenvalue weighted by molar-refractivity contribution is 0.385. The van der Waals surface area contributed by atoms with E-state index in [1.54, 1.807) is 0 Å². The zero-order valence-corrected chi connectivity index (χ0v) is 17.8. The quantitative estimate of drug-likeness (QED) is 0.328. The second kappa shape index (κ2) is 16.3. The van der Waals surface area contributed by atoms with Crippen molar-refractivity contribution in [3.8, 4) is 0 Å². The van der Waals surface area contributed by atoms with E-state index in [-0.39, 0.29) is 0 Å². The molecule has 0 amide bonds. The lowest BCUT2D eigenvalue weighted by Crippen LogP contribution is -2.22. The Balaban J connectivity index is 2.29. The molecule has 0 saturated carbocycles. The molecule has 0 aromatic heterocycles. The molecule has 150 valence electrons. The van der Waals surface area contributed by atoms with E-state index >= 15 is 0 Å². The van der Waals surface area contributed by atoms with Crippen molar-refractivity contribution in [2.75, 3.05) is 19.6 Å². The van der Waals surface area contributed by atoms with Crippen LogP contribution in [0.2, 0.25) is 0 Å². The summed E-state index contributed by atoms with van der Waals surface area (Å²) in [6, 6.07) is 9.17. The summed E-state index contributed by atoms with van der Waals surface area (Å²) in [5.74, 6) is 0.859. The third-order valence-electron chi connectivity index (χ3n) is 5.31. The van der Waals surface area contributed by atoms with Gasteiger partial charge >= 0.3 is 0 Å². The summed E-state index contributed by atoms with van der Waals surface area (Å²) in [5, 5.41) is 7.12. The number of unbranched alkanes of at least 4 members (excludes halogenated alkanes) is 5. The van der Waals surface area contributed by atoms with E-state index in [0.717, 1.165) is 32.0 Å². The minimum absolute atomic E-state index is 0.859. The standard InChI is InChI=1S/C24H44N2/c1-4-7-9-11-13-23(12-10-8-5-2)20-26-21-24-16-14-22(15-17-24)18-19-25-6-3/h14-17,23,25-26H,4-13,18-21H2,1-3H3. The first kappa shape index (κ1) is 23.2. The summed E-state index contributed by atoms with van der Waals surface area (Å²) >= 11 is 0. The molecule has 1 atom stereocenters. The third kappa shape index (κ3) is 11.7. The van der Waals surface area contributed by atoms with E-state index in [1.807, 2.05) is 0 Å². The van der Waals surface area contributed by atoms with Gasteiger partial charge < -0.3 is 10.6 Å². The fourth-order valence-corrected chi connectivity index (χ4v) is 3.55. The Morgan fingerprint density at radius 2 is 1.35 bits per heavy atom. The van der Waals surface area contributed by atoms with Crippen LogP contribution < -0.4 is 10.6 Å². The van der Waals surface area contributed by atoms with Crippen LogP contribution in [0.5, 0.6) is 0 Å². The fourth-order valence-electron chi connectivity index (χ4n) is 3.55. The number of benzene rings is 1. The Hall–Kier alpha value is -0.860. The van der Waals surface area contributed by atoms with Gasteiger partial charge in [0.15, 0.2) is 0 Å². The van der Waals surface area contributed by atoms with E-state index in [2.05, 4.69) is 55.7 Å². The van der Waals surface area contributed by atoms with Crippen molar-refractivity contribution in [1.29, 1.82) is 0 Å². The fraction of sp³-hybridized carbons (Fsp3) is 0.750. The first-order valence-electron chi connectivity index (χ1n) is 11.3. The highest BCUT2D eigenvalue weighted by atomic mass is 14.9. The molecule has 1 aromatic rings. The Kier molecular flexibility index (Phi) is 14.6. The maximum Gasteiger partial charge on any atom is 0.0205 e. The SMILES string of the molecule is CCCCCCC(CCCCC)CNCc1ccc(CCNCC)cc1. The van der Waals surface area contributed by atoms with Gasteiger partial charge in [-0.3, -0.25) is 0 Å². The number of hydrogen-bond donors (Lipinski definition) is 2. The second-order valence-electron chi connectivity index (χ2n) is 7.76. The normalized spacial score (nSPS) is 12.4. The third-order valence-corrected chi connectivity index (χ3v) is 5.31. The van der Waals surface area contributed by atoms with Crippen molar-refractivity contribution in [1.82, 2.24) is 10.6 Å². The first-order chi connectivity index (χ1) is 12.8. The summed E-state index contributed by atoms with van der Waals surface area (Å²) in [6.45, 7) is 11.1. The lowest BCUT2D eigenvalue weighted by atomic mass is 9.94. The Bertz CT molecular complexity index is 413. The average molecular weight is 361 g/mol. The van der Waals surface area contributed by atoms with E-state index in [9.17, 15) is 0 Å². The molecule has 1 unspecified atom stereocenters. The van der Waals surface area contributed by atoms with Gasteiger partial charge in [-0.1, -0.05) is 90.0 Å². The predicted octanol–water partition coefficient (Wildman–Crippen LogP) is 6.10. The van der Waals surface area contributed by atoms with Crippen LogP contribution in [0.1, 0.15) is 89.7 Å². The summed E-state index contributed by atoms with van der Waals surface area (Å²) < 4.78 is 0. The topological polar surface area (TPSA) is 24.1 Å². The average Bonchev–Trinajstić information content (AvgIpc) is 2.66. The maximum atomic E-state index is 3.73. The molecule has 0 saturated heterocycles. The van der Waals surface area contributed by atoms with Crippen molar-refractivity contribution in [2.45, 2.75) is 91.5 Å². The number of hydrogen-bond acceptors (Lipinski definition) is 2. The largest absolute Gasteiger partial charge is 0.317 e. The molecule has 2 heteroatoms. The Morgan fingerprint density at radius 3 is 2.00 bits per heavy atom. The smallest absolute Gasteiger partial charge is 0.0205 e. The van der Waals surface area contributed by atoms with Gasteiger partial charge in [-0.15, -0.1) is 0 Å². The van der Waals surface area contributed by atoms with Gasteiger partial charge in [0.25, 0.3) is 0 Å². The Morgan fingerprint density at radius 1 is 0.731 bits per heavy atom. The number of nitrogens with one attached hydrogen (secondary N) is 2. The molecule has 0 bridgehead atoms. The monoisotopic (exact) mass is 360 g/mol. The van der Waals surface area contributed by atoms with Gasteiger partial charge in [-0.25, -0.2) is 0 Å². The van der Waals surface area contributed by atoms with Crippen molar-refractivity contribution in [2.24, 2.45) is 5.92 Å². The minimum Gasteiger partial charge on any atom is -0.317 e. The molecule has 0 heterocycles. The van der Waals surface area contributed by atoms with Gasteiger partial charge in [0, 0.05) is 6.54 Å². The maximum absolute atomic E-state index is 3.73. The molecule has 0 fully saturated rings. The highest BCUT2D eigenvalue weighted by molar-refractivity contribution is 5.22. The van der Waals surface area contributed by atoms with Gasteiger partial charge in [-0.2, -0.15) is 0 Å². The highest BCUT2D eigenvalue weighted by Crippen LogP contribution is 2.17. The first-order valence-corrected chi connectivity index (χ1v) is 11.3. The zero-order valence-electron chi connectivity index (χ0n) is 17.8. The van der Waals surface area contributed by atoms with E-state index in [1.165, 1.54) is 75.5 Å². The lowest BCUT2D eigenvalue weighted by Gasteiger charge is -2.18. The van der Waals surface area contributed by atoms with E-state index < -0.39 is 0 Å². The molecule has 26 heavy (non-hydrogen) atoms. The molecule has 1 rings (SSSR count). The summed E-state index contributed by atoms with van der Waals surface area (Å²) in [7, 11) is 0. The van der Waals surface area contributed by atoms with Crippen molar-refractivity contribution in [3.63, 3.8) is 0 Å². The van der Waals surface area contributed by atoms with Crippen LogP contribution in [0.25, 0.3) is 0 Å². The van der Waals surface area contributed by atoms with Crippen molar-refractivity contribution in [3.05, 3.63) is 35.4 Å². The summed E-state index contributed by atoms with van der Waals surface area (Å²) in [6.07, 6.45) is 13.6. The van der Waals surface area contributed by atoms with Gasteiger partial charge in [0.05, 0.1) is 0 Å². The van der Waals surface area contributed by atoms with Crippen LogP contribution in [-0.4, -0.2) is 19.6 Å². The second-order valence-corrected chi connectivity index (χ2v) is 7.76. The molecule has 0 aliphatic carbocycles. The predicted molar refractivity (Wildman–Crippen MR) is 117 cm³/mol. The van der Waals surface area contributed by atoms with Gasteiger partial charge in [-0.05, 0) is 55.9 Å². The molecular formula is C24H44N2. The van der Waals surface area contributed by atoms with Crippen LogP contribution in [-0.2, 0) is 13.0 Å². The van der Waals surface area contributed by atoms with E-state index in [4.69, 9.17) is 0 Å². The minimum atomic E-state index is 0.859. The van der Waals surface area contributed by atoms with E-state index in [0.29, 0.717) is 0 Å². The molecular weight excluding hydrogens is 316 g/mol. The summed E-state index contributed by atoms with van der Waals surface area (Å²) in [5.41, 5.74) is 2.85. The summed E-state index contributed by atoms with van der Waals surface area (Å²) in [4.78, 5) is 0. The van der Waals surface area contributed by atoms with Gasteiger partial charge in [0.1, 0.15) is 0 Å². The van der Waals surface area contributed by atoms with Crippen molar-refractivity contribution < 1.29 is 0 Å². The highest BCUT2D eigenvalue weighted by Gasteiger charge is 2.08. The molecule has 0 aliphatic rings. The van der Waals surface area contributed by atoms with Crippen LogP contribution >= 0.6 is 0 Å². The molecule has 0 spiro atoms. The molecule has 2 N–H and O–H groups in total. The molecule has 0 radical (unpaired) electrons. The molecule has 1 aromatic carbocycles.